The molecule has 0 heterocycles. The average Bonchev–Trinajstić information content (AvgIpc) is 2.41. The van der Waals surface area contributed by atoms with Gasteiger partial charge in [-0.2, -0.15) is 0 Å². The number of carbonyl (C=O) groups excluding carboxylic acids is 1. The Kier molecular flexibility index (Phi) is 4.07. The van der Waals surface area contributed by atoms with E-state index in [4.69, 9.17) is 15.2 Å². The molecule has 1 aromatic carbocycles. The Labute approximate surface area is 107 Å². The molecule has 0 aliphatic heterocycles. The summed E-state index contributed by atoms with van der Waals surface area (Å²) < 4.78 is 10.7. The fraction of sp³-hybridized carbons (Fsp3) is 0.500. The molecular weight excluding hydrogens is 230 g/mol. The average molecular weight is 249 g/mol. The summed E-state index contributed by atoms with van der Waals surface area (Å²) in [6.07, 6.45) is 5.81. The minimum atomic E-state index is -0.409. The number of esters is 1. The van der Waals surface area contributed by atoms with E-state index >= 15 is 0 Å². The maximum Gasteiger partial charge on any atom is 0.341 e. The molecule has 1 saturated carbocycles. The zero-order valence-electron chi connectivity index (χ0n) is 10.6. The van der Waals surface area contributed by atoms with Crippen molar-refractivity contribution in [1.82, 2.24) is 0 Å². The summed E-state index contributed by atoms with van der Waals surface area (Å²) in [5, 5.41) is 0. The lowest BCUT2D eigenvalue weighted by atomic mass is 9.97. The topological polar surface area (TPSA) is 61.5 Å². The number of benzene rings is 1. The molecule has 1 fully saturated rings. The minimum absolute atomic E-state index is 0.159. The molecule has 4 nitrogen and oxygen atoms in total. The number of nitrogen functional groups attached to an aromatic ring is 1. The Morgan fingerprint density at radius 2 is 2.00 bits per heavy atom. The molecule has 1 aliphatic carbocycles. The van der Waals surface area contributed by atoms with E-state index in [9.17, 15) is 4.79 Å². The molecule has 0 spiro atoms. The molecule has 0 atom stereocenters. The van der Waals surface area contributed by atoms with Gasteiger partial charge in [0.15, 0.2) is 5.75 Å². The maximum absolute atomic E-state index is 11.7. The molecule has 0 saturated heterocycles. The second-order valence-corrected chi connectivity index (χ2v) is 4.59. The predicted octanol–water partition coefficient (Wildman–Crippen LogP) is 2.77. The molecule has 98 valence electrons. The lowest BCUT2D eigenvalue weighted by molar-refractivity contribution is 0.0590. The van der Waals surface area contributed by atoms with E-state index < -0.39 is 5.97 Å². The monoisotopic (exact) mass is 249 g/mol. The first kappa shape index (κ1) is 12.7. The van der Waals surface area contributed by atoms with Crippen LogP contribution < -0.4 is 10.5 Å². The summed E-state index contributed by atoms with van der Waals surface area (Å²) >= 11 is 0. The van der Waals surface area contributed by atoms with Crippen LogP contribution in [0.15, 0.2) is 18.2 Å². The Morgan fingerprint density at radius 1 is 1.28 bits per heavy atom. The van der Waals surface area contributed by atoms with Gasteiger partial charge in [0.1, 0.15) is 5.56 Å². The number of carbonyl (C=O) groups is 1. The van der Waals surface area contributed by atoms with Crippen molar-refractivity contribution < 1.29 is 14.3 Å². The molecule has 0 radical (unpaired) electrons. The normalized spacial score (nSPS) is 16.3. The fourth-order valence-electron chi connectivity index (χ4n) is 2.31. The summed E-state index contributed by atoms with van der Waals surface area (Å²) in [7, 11) is 1.36. The van der Waals surface area contributed by atoms with Crippen LogP contribution in [0.1, 0.15) is 42.5 Å². The number of para-hydroxylation sites is 1. The third-order valence-corrected chi connectivity index (χ3v) is 3.29. The van der Waals surface area contributed by atoms with Crippen LogP contribution in [0.2, 0.25) is 0 Å². The van der Waals surface area contributed by atoms with Crippen LogP contribution in [0.4, 0.5) is 5.69 Å². The molecular formula is C14H19NO3. The molecule has 0 bridgehead atoms. The first-order valence-corrected chi connectivity index (χ1v) is 6.36. The van der Waals surface area contributed by atoms with Crippen LogP contribution >= 0.6 is 0 Å². The molecule has 0 unspecified atom stereocenters. The quantitative estimate of drug-likeness (QED) is 0.661. The zero-order valence-corrected chi connectivity index (χ0v) is 10.6. The van der Waals surface area contributed by atoms with E-state index in [-0.39, 0.29) is 6.10 Å². The third kappa shape index (κ3) is 2.75. The summed E-state index contributed by atoms with van der Waals surface area (Å²) in [5.41, 5.74) is 6.79. The molecule has 0 amide bonds. The van der Waals surface area contributed by atoms with Gasteiger partial charge < -0.3 is 15.2 Å². The molecule has 4 heteroatoms. The van der Waals surface area contributed by atoms with Crippen molar-refractivity contribution in [3.8, 4) is 5.75 Å². The van der Waals surface area contributed by atoms with Crippen molar-refractivity contribution >= 4 is 11.7 Å². The lowest BCUT2D eigenvalue weighted by Crippen LogP contribution is -2.21. The summed E-state index contributed by atoms with van der Waals surface area (Å²) in [6.45, 7) is 0. The van der Waals surface area contributed by atoms with Gasteiger partial charge in [-0.3, -0.25) is 0 Å². The van der Waals surface area contributed by atoms with E-state index in [1.165, 1.54) is 26.4 Å². The van der Waals surface area contributed by atoms with Crippen LogP contribution in [-0.2, 0) is 4.74 Å². The molecule has 0 aromatic heterocycles. The zero-order chi connectivity index (χ0) is 13.0. The Hall–Kier alpha value is -1.71. The van der Waals surface area contributed by atoms with Crippen LogP contribution in [-0.4, -0.2) is 19.2 Å². The van der Waals surface area contributed by atoms with Gasteiger partial charge in [-0.15, -0.1) is 0 Å². The molecule has 18 heavy (non-hydrogen) atoms. The van der Waals surface area contributed by atoms with Gasteiger partial charge in [0.2, 0.25) is 0 Å². The Morgan fingerprint density at radius 3 is 2.67 bits per heavy atom. The molecule has 2 rings (SSSR count). The minimum Gasteiger partial charge on any atom is -0.487 e. The first-order valence-electron chi connectivity index (χ1n) is 6.36. The summed E-state index contributed by atoms with van der Waals surface area (Å²) in [5.74, 6) is 0.0596. The first-order chi connectivity index (χ1) is 8.72. The third-order valence-electron chi connectivity index (χ3n) is 3.29. The molecule has 1 aliphatic rings. The van der Waals surface area contributed by atoms with Crippen LogP contribution in [0.25, 0.3) is 0 Å². The van der Waals surface area contributed by atoms with Gasteiger partial charge in [0.05, 0.1) is 18.9 Å². The van der Waals surface area contributed by atoms with Gasteiger partial charge >= 0.3 is 5.97 Å². The van der Waals surface area contributed by atoms with Crippen LogP contribution in [0, 0.1) is 0 Å². The highest BCUT2D eigenvalue weighted by atomic mass is 16.5. The molecule has 2 N–H and O–H groups in total. The maximum atomic E-state index is 11.7. The van der Waals surface area contributed by atoms with E-state index in [2.05, 4.69) is 0 Å². The summed E-state index contributed by atoms with van der Waals surface area (Å²) in [4.78, 5) is 11.7. The van der Waals surface area contributed by atoms with Crippen molar-refractivity contribution in [2.75, 3.05) is 12.8 Å². The number of rotatable bonds is 3. The van der Waals surface area contributed by atoms with E-state index in [0.29, 0.717) is 17.0 Å². The Bertz CT molecular complexity index is 425. The van der Waals surface area contributed by atoms with Gasteiger partial charge in [-0.1, -0.05) is 12.5 Å². The van der Waals surface area contributed by atoms with Crippen molar-refractivity contribution in [2.24, 2.45) is 0 Å². The van der Waals surface area contributed by atoms with Crippen molar-refractivity contribution in [2.45, 2.75) is 38.2 Å². The van der Waals surface area contributed by atoms with Crippen LogP contribution in [0.5, 0.6) is 5.75 Å². The number of nitrogens with two attached hydrogens (primary N) is 1. The summed E-state index contributed by atoms with van der Waals surface area (Å²) in [6, 6.07) is 5.15. The number of ether oxygens (including phenoxy) is 2. The number of hydrogen-bond acceptors (Lipinski definition) is 4. The SMILES string of the molecule is COC(=O)c1cccc(N)c1OC1CCCCC1. The van der Waals surface area contributed by atoms with Crippen molar-refractivity contribution in [3.05, 3.63) is 23.8 Å². The van der Waals surface area contributed by atoms with E-state index in [0.717, 1.165) is 12.8 Å². The lowest BCUT2D eigenvalue weighted by Gasteiger charge is -2.24. The number of hydrogen-bond donors (Lipinski definition) is 1. The number of anilines is 1. The van der Waals surface area contributed by atoms with Crippen molar-refractivity contribution in [3.63, 3.8) is 0 Å². The van der Waals surface area contributed by atoms with Gasteiger partial charge in [0, 0.05) is 0 Å². The highest BCUT2D eigenvalue weighted by molar-refractivity contribution is 5.94. The smallest absolute Gasteiger partial charge is 0.341 e. The van der Waals surface area contributed by atoms with Gasteiger partial charge in [-0.25, -0.2) is 4.79 Å². The van der Waals surface area contributed by atoms with E-state index in [1.807, 2.05) is 0 Å². The Balaban J connectivity index is 2.21. The fourth-order valence-corrected chi connectivity index (χ4v) is 2.31. The predicted molar refractivity (Wildman–Crippen MR) is 69.7 cm³/mol. The van der Waals surface area contributed by atoms with E-state index in [1.54, 1.807) is 18.2 Å². The molecule has 1 aromatic rings. The second-order valence-electron chi connectivity index (χ2n) is 4.59. The van der Waals surface area contributed by atoms with Gasteiger partial charge in [0.25, 0.3) is 0 Å². The largest absolute Gasteiger partial charge is 0.487 e. The highest BCUT2D eigenvalue weighted by Crippen LogP contribution is 2.31. The highest BCUT2D eigenvalue weighted by Gasteiger charge is 2.21. The van der Waals surface area contributed by atoms with Gasteiger partial charge in [-0.05, 0) is 37.8 Å². The second kappa shape index (κ2) is 5.76. The van der Waals surface area contributed by atoms with Crippen LogP contribution in [0.3, 0.4) is 0 Å². The van der Waals surface area contributed by atoms with Crippen molar-refractivity contribution in [1.29, 1.82) is 0 Å². The standard InChI is InChI=1S/C14H19NO3/c1-17-14(16)11-8-5-9-12(15)13(11)18-10-6-3-2-4-7-10/h5,8-10H,2-4,6-7,15H2,1H3. The number of methoxy groups -OCH3 is 1.